The third-order valence-corrected chi connectivity index (χ3v) is 6.78. The zero-order valence-electron chi connectivity index (χ0n) is 16.6. The van der Waals surface area contributed by atoms with Crippen molar-refractivity contribution >= 4 is 27.5 Å². The standard InChI is InChI=1S/C21H25N3O4S/c1-23(2)21(26)17-6-10-18(11-7-17)22-20(25)16-8-12-19(13-9-16)29(27,28)24-14-4-3-5-15-24/h6-13H,3-5,14-15H2,1-2H3,(H,22,25). The van der Waals surface area contributed by atoms with Crippen LogP contribution in [0.1, 0.15) is 40.0 Å². The minimum Gasteiger partial charge on any atom is -0.345 e. The van der Waals surface area contributed by atoms with Crippen molar-refractivity contribution in [3.63, 3.8) is 0 Å². The quantitative estimate of drug-likeness (QED) is 0.814. The highest BCUT2D eigenvalue weighted by Crippen LogP contribution is 2.21. The van der Waals surface area contributed by atoms with E-state index in [0.717, 1.165) is 19.3 Å². The fourth-order valence-electron chi connectivity index (χ4n) is 3.19. The van der Waals surface area contributed by atoms with E-state index in [4.69, 9.17) is 0 Å². The second kappa shape index (κ2) is 8.75. The van der Waals surface area contributed by atoms with Crippen LogP contribution < -0.4 is 5.32 Å². The molecular formula is C21H25N3O4S. The largest absolute Gasteiger partial charge is 0.345 e. The van der Waals surface area contributed by atoms with Crippen LogP contribution in [0.5, 0.6) is 0 Å². The third kappa shape index (κ3) is 4.83. The Kier molecular flexibility index (Phi) is 6.34. The number of carbonyl (C=O) groups is 2. The first-order chi connectivity index (χ1) is 13.8. The van der Waals surface area contributed by atoms with Crippen molar-refractivity contribution in [1.29, 1.82) is 0 Å². The number of hydrogen-bond acceptors (Lipinski definition) is 4. The Hall–Kier alpha value is -2.71. The molecule has 29 heavy (non-hydrogen) atoms. The van der Waals surface area contributed by atoms with Crippen molar-refractivity contribution in [1.82, 2.24) is 9.21 Å². The highest BCUT2D eigenvalue weighted by Gasteiger charge is 2.25. The topological polar surface area (TPSA) is 86.8 Å². The summed E-state index contributed by atoms with van der Waals surface area (Å²) >= 11 is 0. The molecule has 2 aromatic carbocycles. The van der Waals surface area contributed by atoms with Gasteiger partial charge in [0.15, 0.2) is 0 Å². The van der Waals surface area contributed by atoms with Gasteiger partial charge in [-0.3, -0.25) is 9.59 Å². The van der Waals surface area contributed by atoms with Gasteiger partial charge in [0, 0.05) is 44.0 Å². The Morgan fingerprint density at radius 2 is 1.41 bits per heavy atom. The van der Waals surface area contributed by atoms with Crippen LogP contribution in [0.3, 0.4) is 0 Å². The molecule has 7 nitrogen and oxygen atoms in total. The lowest BCUT2D eigenvalue weighted by atomic mass is 10.1. The summed E-state index contributed by atoms with van der Waals surface area (Å²) in [7, 11) is -0.170. The van der Waals surface area contributed by atoms with Crippen LogP contribution >= 0.6 is 0 Å². The first-order valence-corrected chi connectivity index (χ1v) is 11.0. The summed E-state index contributed by atoms with van der Waals surface area (Å²) in [5.74, 6) is -0.466. The molecule has 1 aliphatic rings. The predicted molar refractivity (Wildman–Crippen MR) is 111 cm³/mol. The summed E-state index contributed by atoms with van der Waals surface area (Å²) in [6.45, 7) is 1.08. The molecule has 1 fully saturated rings. The lowest BCUT2D eigenvalue weighted by Gasteiger charge is -2.25. The van der Waals surface area contributed by atoms with Gasteiger partial charge in [-0.2, -0.15) is 4.31 Å². The second-order valence-corrected chi connectivity index (χ2v) is 9.16. The van der Waals surface area contributed by atoms with Gasteiger partial charge in [-0.05, 0) is 61.4 Å². The van der Waals surface area contributed by atoms with Gasteiger partial charge >= 0.3 is 0 Å². The van der Waals surface area contributed by atoms with Crippen molar-refractivity contribution < 1.29 is 18.0 Å². The first-order valence-electron chi connectivity index (χ1n) is 9.52. The Labute approximate surface area is 171 Å². The highest BCUT2D eigenvalue weighted by atomic mass is 32.2. The van der Waals surface area contributed by atoms with Gasteiger partial charge in [0.25, 0.3) is 11.8 Å². The zero-order chi connectivity index (χ0) is 21.0. The van der Waals surface area contributed by atoms with Gasteiger partial charge in [-0.1, -0.05) is 6.42 Å². The Morgan fingerprint density at radius 1 is 0.862 bits per heavy atom. The van der Waals surface area contributed by atoms with Gasteiger partial charge < -0.3 is 10.2 Å². The minimum absolute atomic E-state index is 0.117. The number of sulfonamides is 1. The van der Waals surface area contributed by atoms with Crippen LogP contribution in [0.15, 0.2) is 53.4 Å². The molecule has 8 heteroatoms. The van der Waals surface area contributed by atoms with Crippen LogP contribution in [0.2, 0.25) is 0 Å². The molecule has 0 atom stereocenters. The van der Waals surface area contributed by atoms with E-state index in [9.17, 15) is 18.0 Å². The number of benzene rings is 2. The highest BCUT2D eigenvalue weighted by molar-refractivity contribution is 7.89. The monoisotopic (exact) mass is 415 g/mol. The number of nitrogens with one attached hydrogen (secondary N) is 1. The molecule has 0 aromatic heterocycles. The average Bonchev–Trinajstić information content (AvgIpc) is 2.74. The van der Waals surface area contributed by atoms with E-state index in [1.165, 1.54) is 33.5 Å². The molecule has 2 aromatic rings. The molecule has 154 valence electrons. The zero-order valence-corrected chi connectivity index (χ0v) is 17.4. The molecule has 1 N–H and O–H groups in total. The molecule has 1 heterocycles. The van der Waals surface area contributed by atoms with Crippen LogP contribution in [0.25, 0.3) is 0 Å². The van der Waals surface area contributed by atoms with E-state index in [1.807, 2.05) is 0 Å². The maximum Gasteiger partial charge on any atom is 0.255 e. The van der Waals surface area contributed by atoms with Crippen LogP contribution in [0.4, 0.5) is 5.69 Å². The Morgan fingerprint density at radius 3 is 1.97 bits per heavy atom. The number of hydrogen-bond donors (Lipinski definition) is 1. The molecule has 0 aliphatic carbocycles. The van der Waals surface area contributed by atoms with E-state index in [-0.39, 0.29) is 16.7 Å². The summed E-state index contributed by atoms with van der Waals surface area (Å²) in [5, 5.41) is 2.75. The number of nitrogens with zero attached hydrogens (tertiary/aromatic N) is 2. The van der Waals surface area contributed by atoms with E-state index < -0.39 is 10.0 Å². The number of anilines is 1. The Balaban J connectivity index is 1.68. The van der Waals surface area contributed by atoms with Crippen LogP contribution in [-0.4, -0.2) is 56.6 Å². The normalized spacial score (nSPS) is 15.0. The van der Waals surface area contributed by atoms with Crippen molar-refractivity contribution in [2.75, 3.05) is 32.5 Å². The maximum atomic E-state index is 12.7. The molecule has 3 rings (SSSR count). The number of rotatable bonds is 5. The second-order valence-electron chi connectivity index (χ2n) is 7.22. The van der Waals surface area contributed by atoms with Gasteiger partial charge in [0.05, 0.1) is 4.90 Å². The van der Waals surface area contributed by atoms with Crippen molar-refractivity contribution in [2.24, 2.45) is 0 Å². The van der Waals surface area contributed by atoms with E-state index in [2.05, 4.69) is 5.32 Å². The summed E-state index contributed by atoms with van der Waals surface area (Å²) in [5.41, 5.74) is 1.44. The van der Waals surface area contributed by atoms with Crippen molar-refractivity contribution in [2.45, 2.75) is 24.2 Å². The van der Waals surface area contributed by atoms with E-state index in [0.29, 0.717) is 29.9 Å². The lowest BCUT2D eigenvalue weighted by molar-refractivity contribution is 0.0827. The smallest absolute Gasteiger partial charge is 0.255 e. The minimum atomic E-state index is -3.52. The van der Waals surface area contributed by atoms with Gasteiger partial charge in [-0.15, -0.1) is 0 Å². The van der Waals surface area contributed by atoms with Gasteiger partial charge in [0.1, 0.15) is 0 Å². The Bertz CT molecular complexity index is 978. The van der Waals surface area contributed by atoms with Gasteiger partial charge in [0.2, 0.25) is 10.0 Å². The fraction of sp³-hybridized carbons (Fsp3) is 0.333. The van der Waals surface area contributed by atoms with Crippen molar-refractivity contribution in [3.8, 4) is 0 Å². The average molecular weight is 416 g/mol. The maximum absolute atomic E-state index is 12.7. The number of amides is 2. The van der Waals surface area contributed by atoms with E-state index in [1.54, 1.807) is 38.4 Å². The van der Waals surface area contributed by atoms with Crippen LogP contribution in [-0.2, 0) is 10.0 Å². The summed E-state index contributed by atoms with van der Waals surface area (Å²) in [6.07, 6.45) is 2.80. The number of piperidine rings is 1. The number of carbonyl (C=O) groups excluding carboxylic acids is 2. The molecule has 0 radical (unpaired) electrons. The summed E-state index contributed by atoms with van der Waals surface area (Å²) < 4.78 is 26.9. The van der Waals surface area contributed by atoms with Gasteiger partial charge in [-0.25, -0.2) is 8.42 Å². The molecule has 0 saturated carbocycles. The summed E-state index contributed by atoms with van der Waals surface area (Å²) in [4.78, 5) is 26.0. The van der Waals surface area contributed by atoms with Crippen LogP contribution in [0, 0.1) is 0 Å². The lowest BCUT2D eigenvalue weighted by Crippen LogP contribution is -2.35. The predicted octanol–water partition coefficient (Wildman–Crippen LogP) is 2.82. The molecule has 1 aliphatic heterocycles. The molecular weight excluding hydrogens is 390 g/mol. The molecule has 1 saturated heterocycles. The molecule has 0 spiro atoms. The van der Waals surface area contributed by atoms with Crippen molar-refractivity contribution in [3.05, 3.63) is 59.7 Å². The van der Waals surface area contributed by atoms with E-state index >= 15 is 0 Å². The fourth-order valence-corrected chi connectivity index (χ4v) is 4.71. The molecule has 0 unspecified atom stereocenters. The summed E-state index contributed by atoms with van der Waals surface area (Å²) in [6, 6.07) is 12.6. The molecule has 0 bridgehead atoms. The SMILES string of the molecule is CN(C)C(=O)c1ccc(NC(=O)c2ccc(S(=O)(=O)N3CCCCC3)cc2)cc1. The molecule has 2 amide bonds. The first kappa shape index (κ1) is 21.0. The third-order valence-electron chi connectivity index (χ3n) is 4.87.